The molecule has 0 saturated heterocycles. The highest BCUT2D eigenvalue weighted by Gasteiger charge is 2.36. The van der Waals surface area contributed by atoms with Gasteiger partial charge in [-0.15, -0.1) is 0 Å². The standard InChI is InChI=1S/C10H7F3N2O2/c1-2-17-9(16)8-6(5-14)7(3-4-15-8)10(11,12)13/h3-4H,2H2,1H3. The van der Waals surface area contributed by atoms with Gasteiger partial charge in [0.2, 0.25) is 0 Å². The van der Waals surface area contributed by atoms with Crippen molar-refractivity contribution in [3.05, 3.63) is 29.1 Å². The van der Waals surface area contributed by atoms with Gasteiger partial charge in [-0.3, -0.25) is 0 Å². The molecule has 1 heterocycles. The summed E-state index contributed by atoms with van der Waals surface area (Å²) < 4.78 is 42.1. The Hall–Kier alpha value is -2.10. The first-order valence-corrected chi connectivity index (χ1v) is 4.55. The molecule has 17 heavy (non-hydrogen) atoms. The third-order valence-corrected chi connectivity index (χ3v) is 1.84. The lowest BCUT2D eigenvalue weighted by Gasteiger charge is -2.10. The van der Waals surface area contributed by atoms with Crippen LogP contribution in [0.15, 0.2) is 12.3 Å². The minimum absolute atomic E-state index is 0.0123. The molecule has 0 bridgehead atoms. The number of ether oxygens (including phenoxy) is 1. The summed E-state index contributed by atoms with van der Waals surface area (Å²) in [5.74, 6) is -1.05. The predicted octanol–water partition coefficient (Wildman–Crippen LogP) is 2.15. The summed E-state index contributed by atoms with van der Waals surface area (Å²) in [5, 5.41) is 8.68. The number of hydrogen-bond acceptors (Lipinski definition) is 4. The third kappa shape index (κ3) is 2.72. The summed E-state index contributed by atoms with van der Waals surface area (Å²) in [6, 6.07) is 1.97. The quantitative estimate of drug-likeness (QED) is 0.748. The van der Waals surface area contributed by atoms with Gasteiger partial charge in [0.15, 0.2) is 5.69 Å². The molecule has 0 saturated carbocycles. The van der Waals surface area contributed by atoms with Crippen molar-refractivity contribution in [3.8, 4) is 6.07 Å². The molecule has 0 N–H and O–H groups in total. The summed E-state index contributed by atoms with van der Waals surface area (Å²) in [4.78, 5) is 14.7. The van der Waals surface area contributed by atoms with Crippen LogP contribution in [0.5, 0.6) is 0 Å². The minimum Gasteiger partial charge on any atom is -0.461 e. The van der Waals surface area contributed by atoms with Crippen LogP contribution in [-0.4, -0.2) is 17.6 Å². The Kier molecular flexibility index (Phi) is 3.68. The van der Waals surface area contributed by atoms with Crippen LogP contribution in [0.3, 0.4) is 0 Å². The number of hydrogen-bond donors (Lipinski definition) is 0. The first-order chi connectivity index (χ1) is 7.91. The topological polar surface area (TPSA) is 63.0 Å². The Balaban J connectivity index is 3.35. The van der Waals surface area contributed by atoms with Gasteiger partial charge in [0.1, 0.15) is 6.07 Å². The van der Waals surface area contributed by atoms with Crippen molar-refractivity contribution >= 4 is 5.97 Å². The molecule has 0 unspecified atom stereocenters. The molecule has 4 nitrogen and oxygen atoms in total. The Morgan fingerprint density at radius 2 is 2.24 bits per heavy atom. The lowest BCUT2D eigenvalue weighted by Crippen LogP contribution is -2.15. The van der Waals surface area contributed by atoms with Crippen LogP contribution in [0.4, 0.5) is 13.2 Å². The number of carbonyl (C=O) groups is 1. The Bertz CT molecular complexity index is 477. The molecular weight excluding hydrogens is 237 g/mol. The van der Waals surface area contributed by atoms with Crippen LogP contribution in [0, 0.1) is 11.3 Å². The summed E-state index contributed by atoms with van der Waals surface area (Å²) in [7, 11) is 0. The average Bonchev–Trinajstić information content (AvgIpc) is 2.27. The molecule has 0 aliphatic heterocycles. The number of aromatic nitrogens is 1. The van der Waals surface area contributed by atoms with E-state index in [1.807, 2.05) is 0 Å². The van der Waals surface area contributed by atoms with Crippen LogP contribution in [0.1, 0.15) is 28.5 Å². The Labute approximate surface area is 94.6 Å². The molecule has 0 aliphatic carbocycles. The zero-order valence-corrected chi connectivity index (χ0v) is 8.71. The Morgan fingerprint density at radius 3 is 2.71 bits per heavy atom. The molecule has 0 aliphatic rings. The molecule has 1 rings (SSSR count). The zero-order chi connectivity index (χ0) is 13.1. The summed E-state index contributed by atoms with van der Waals surface area (Å²) in [5.41, 5.74) is -2.64. The number of pyridine rings is 1. The maximum absolute atomic E-state index is 12.5. The highest BCUT2D eigenvalue weighted by Crippen LogP contribution is 2.32. The lowest BCUT2D eigenvalue weighted by atomic mass is 10.1. The molecule has 1 aromatic rings. The maximum atomic E-state index is 12.5. The van der Waals surface area contributed by atoms with Gasteiger partial charge in [-0.25, -0.2) is 9.78 Å². The van der Waals surface area contributed by atoms with Gasteiger partial charge in [0, 0.05) is 6.20 Å². The van der Waals surface area contributed by atoms with E-state index >= 15 is 0 Å². The number of alkyl halides is 3. The normalized spacial score (nSPS) is 10.8. The van der Waals surface area contributed by atoms with Crippen molar-refractivity contribution in [1.29, 1.82) is 5.26 Å². The van der Waals surface area contributed by atoms with Gasteiger partial charge in [-0.1, -0.05) is 0 Å². The van der Waals surface area contributed by atoms with Gasteiger partial charge >= 0.3 is 12.1 Å². The highest BCUT2D eigenvalue weighted by molar-refractivity contribution is 5.90. The van der Waals surface area contributed by atoms with Gasteiger partial charge < -0.3 is 4.74 Å². The van der Waals surface area contributed by atoms with E-state index in [1.165, 1.54) is 13.0 Å². The van der Waals surface area contributed by atoms with E-state index in [9.17, 15) is 18.0 Å². The van der Waals surface area contributed by atoms with Gasteiger partial charge in [-0.05, 0) is 13.0 Å². The monoisotopic (exact) mass is 244 g/mol. The molecule has 0 atom stereocenters. The van der Waals surface area contributed by atoms with E-state index in [0.29, 0.717) is 6.07 Å². The maximum Gasteiger partial charge on any atom is 0.417 e. The molecule has 0 amide bonds. The Morgan fingerprint density at radius 1 is 1.59 bits per heavy atom. The molecule has 0 fully saturated rings. The fourth-order valence-corrected chi connectivity index (χ4v) is 1.17. The second-order valence-electron chi connectivity index (χ2n) is 2.91. The second kappa shape index (κ2) is 4.82. The van der Waals surface area contributed by atoms with E-state index in [4.69, 9.17) is 5.26 Å². The summed E-state index contributed by atoms with van der Waals surface area (Å²) in [6.07, 6.45) is -3.90. The number of halogens is 3. The van der Waals surface area contributed by atoms with E-state index in [-0.39, 0.29) is 6.61 Å². The first-order valence-electron chi connectivity index (χ1n) is 4.55. The molecule has 0 aromatic carbocycles. The van der Waals surface area contributed by atoms with E-state index in [2.05, 4.69) is 9.72 Å². The minimum atomic E-state index is -4.71. The van der Waals surface area contributed by atoms with Crippen LogP contribution >= 0.6 is 0 Å². The summed E-state index contributed by atoms with van der Waals surface area (Å²) in [6.45, 7) is 1.49. The number of carbonyl (C=O) groups excluding carboxylic acids is 1. The van der Waals surface area contributed by atoms with Crippen molar-refractivity contribution in [2.75, 3.05) is 6.61 Å². The van der Waals surface area contributed by atoms with Crippen LogP contribution in [-0.2, 0) is 10.9 Å². The average molecular weight is 244 g/mol. The van der Waals surface area contributed by atoms with Crippen LogP contribution < -0.4 is 0 Å². The number of esters is 1. The second-order valence-corrected chi connectivity index (χ2v) is 2.91. The SMILES string of the molecule is CCOC(=O)c1nccc(C(F)(F)F)c1C#N. The fourth-order valence-electron chi connectivity index (χ4n) is 1.17. The third-order valence-electron chi connectivity index (χ3n) is 1.84. The van der Waals surface area contributed by atoms with Crippen LogP contribution in [0.25, 0.3) is 0 Å². The molecule has 1 aromatic heterocycles. The first kappa shape index (κ1) is 13.0. The van der Waals surface area contributed by atoms with Gasteiger partial charge in [0.05, 0.1) is 17.7 Å². The van der Waals surface area contributed by atoms with Crippen molar-refractivity contribution in [2.24, 2.45) is 0 Å². The van der Waals surface area contributed by atoms with E-state index in [0.717, 1.165) is 6.20 Å². The lowest BCUT2D eigenvalue weighted by molar-refractivity contribution is -0.137. The fraction of sp³-hybridized carbons (Fsp3) is 0.300. The highest BCUT2D eigenvalue weighted by atomic mass is 19.4. The van der Waals surface area contributed by atoms with E-state index in [1.54, 1.807) is 0 Å². The predicted molar refractivity (Wildman–Crippen MR) is 49.9 cm³/mol. The smallest absolute Gasteiger partial charge is 0.417 e. The van der Waals surface area contributed by atoms with Crippen molar-refractivity contribution in [3.63, 3.8) is 0 Å². The van der Waals surface area contributed by atoms with Gasteiger partial charge in [-0.2, -0.15) is 18.4 Å². The van der Waals surface area contributed by atoms with E-state index < -0.39 is 29.0 Å². The largest absolute Gasteiger partial charge is 0.461 e. The molecule has 0 spiro atoms. The van der Waals surface area contributed by atoms with Crippen molar-refractivity contribution in [2.45, 2.75) is 13.1 Å². The number of rotatable bonds is 2. The number of nitriles is 1. The molecule has 90 valence electrons. The number of nitrogens with zero attached hydrogens (tertiary/aromatic N) is 2. The molecule has 0 radical (unpaired) electrons. The zero-order valence-electron chi connectivity index (χ0n) is 8.71. The molecule has 7 heteroatoms. The van der Waals surface area contributed by atoms with Crippen molar-refractivity contribution in [1.82, 2.24) is 4.98 Å². The van der Waals surface area contributed by atoms with Crippen LogP contribution in [0.2, 0.25) is 0 Å². The van der Waals surface area contributed by atoms with Crippen molar-refractivity contribution < 1.29 is 22.7 Å². The summed E-state index contributed by atoms with van der Waals surface area (Å²) >= 11 is 0. The molecular formula is C10H7F3N2O2. The van der Waals surface area contributed by atoms with Gasteiger partial charge in [0.25, 0.3) is 0 Å².